The molecule has 0 aliphatic carbocycles. The predicted octanol–water partition coefficient (Wildman–Crippen LogP) is 2.87. The summed E-state index contributed by atoms with van der Waals surface area (Å²) in [6, 6.07) is 9.97. The molecule has 1 atom stereocenters. The highest BCUT2D eigenvalue weighted by atomic mass is 16.6. The first-order valence-electron chi connectivity index (χ1n) is 7.83. The zero-order valence-corrected chi connectivity index (χ0v) is 12.8. The number of ether oxygens (including phenoxy) is 2. The van der Waals surface area contributed by atoms with Crippen molar-refractivity contribution in [1.82, 2.24) is 4.90 Å². The number of nitrogens with zero attached hydrogens (tertiary/aromatic N) is 1. The summed E-state index contributed by atoms with van der Waals surface area (Å²) in [6.07, 6.45) is 4.80. The van der Waals surface area contributed by atoms with Gasteiger partial charge in [-0.3, -0.25) is 0 Å². The van der Waals surface area contributed by atoms with Gasteiger partial charge in [0, 0.05) is 12.6 Å². The van der Waals surface area contributed by atoms with Crippen LogP contribution < -0.4 is 4.74 Å². The number of likely N-dealkylation sites (tertiary alicyclic amines) is 1. The second-order valence-electron chi connectivity index (χ2n) is 5.56. The van der Waals surface area contributed by atoms with Crippen molar-refractivity contribution in [2.75, 3.05) is 26.3 Å². The van der Waals surface area contributed by atoms with E-state index in [0.717, 1.165) is 13.0 Å². The topological polar surface area (TPSA) is 38.8 Å². The van der Waals surface area contributed by atoms with E-state index in [1.54, 1.807) is 0 Å². The standard InChI is InChI=1S/C17H25NO3/c1-15-8-5-6-11-18(15)12-7-13-20-17(19)14-21-16-9-3-2-4-10-16/h2-4,9-10,15H,5-8,11-14H2,1H3. The summed E-state index contributed by atoms with van der Waals surface area (Å²) in [5, 5.41) is 0. The number of rotatable bonds is 7. The number of carbonyl (C=O) groups excluding carboxylic acids is 1. The molecule has 1 aromatic rings. The van der Waals surface area contributed by atoms with Crippen LogP contribution in [0.4, 0.5) is 0 Å². The first-order valence-corrected chi connectivity index (χ1v) is 7.83. The van der Waals surface area contributed by atoms with Gasteiger partial charge in [-0.05, 0) is 44.9 Å². The Bertz CT molecular complexity index is 421. The van der Waals surface area contributed by atoms with Crippen LogP contribution in [-0.4, -0.2) is 43.2 Å². The number of piperidine rings is 1. The van der Waals surface area contributed by atoms with E-state index in [1.807, 2.05) is 30.3 Å². The highest BCUT2D eigenvalue weighted by Gasteiger charge is 2.17. The fraction of sp³-hybridized carbons (Fsp3) is 0.588. The van der Waals surface area contributed by atoms with E-state index in [4.69, 9.17) is 9.47 Å². The van der Waals surface area contributed by atoms with Crippen LogP contribution in [0.15, 0.2) is 30.3 Å². The molecule has 1 unspecified atom stereocenters. The van der Waals surface area contributed by atoms with Crippen molar-refractivity contribution >= 4 is 5.97 Å². The smallest absolute Gasteiger partial charge is 0.344 e. The van der Waals surface area contributed by atoms with Gasteiger partial charge in [0.25, 0.3) is 0 Å². The van der Waals surface area contributed by atoms with E-state index in [-0.39, 0.29) is 12.6 Å². The Morgan fingerprint density at radius 1 is 1.29 bits per heavy atom. The van der Waals surface area contributed by atoms with Crippen LogP contribution in [0.25, 0.3) is 0 Å². The molecule has 21 heavy (non-hydrogen) atoms. The largest absolute Gasteiger partial charge is 0.482 e. The van der Waals surface area contributed by atoms with Gasteiger partial charge in [0.05, 0.1) is 6.61 Å². The minimum absolute atomic E-state index is 0.0237. The summed E-state index contributed by atoms with van der Waals surface area (Å²) in [4.78, 5) is 14.1. The molecule has 0 radical (unpaired) electrons. The van der Waals surface area contributed by atoms with Crippen LogP contribution in [0, 0.1) is 0 Å². The second-order valence-corrected chi connectivity index (χ2v) is 5.56. The molecule has 2 rings (SSSR count). The van der Waals surface area contributed by atoms with Crippen LogP contribution in [0.3, 0.4) is 0 Å². The fourth-order valence-corrected chi connectivity index (χ4v) is 2.64. The number of hydrogen-bond acceptors (Lipinski definition) is 4. The lowest BCUT2D eigenvalue weighted by atomic mass is 10.0. The number of hydrogen-bond donors (Lipinski definition) is 0. The van der Waals surface area contributed by atoms with E-state index < -0.39 is 0 Å². The Morgan fingerprint density at radius 3 is 2.86 bits per heavy atom. The molecule has 1 aliphatic heterocycles. The van der Waals surface area contributed by atoms with Gasteiger partial charge in [-0.2, -0.15) is 0 Å². The van der Waals surface area contributed by atoms with Gasteiger partial charge in [-0.25, -0.2) is 4.79 Å². The molecule has 0 bridgehead atoms. The lowest BCUT2D eigenvalue weighted by Crippen LogP contribution is -2.38. The molecule has 4 heteroatoms. The normalized spacial score (nSPS) is 19.2. The SMILES string of the molecule is CC1CCCCN1CCCOC(=O)COc1ccccc1. The van der Waals surface area contributed by atoms with Crippen LogP contribution in [0.2, 0.25) is 0 Å². The van der Waals surface area contributed by atoms with Crippen molar-refractivity contribution in [3.63, 3.8) is 0 Å². The van der Waals surface area contributed by atoms with E-state index in [9.17, 15) is 4.79 Å². The van der Waals surface area contributed by atoms with Crippen molar-refractivity contribution in [3.05, 3.63) is 30.3 Å². The average Bonchev–Trinajstić information content (AvgIpc) is 2.52. The Balaban J connectivity index is 1.55. The van der Waals surface area contributed by atoms with Crippen LogP contribution in [0.5, 0.6) is 5.75 Å². The molecule has 0 spiro atoms. The molecule has 4 nitrogen and oxygen atoms in total. The zero-order chi connectivity index (χ0) is 14.9. The van der Waals surface area contributed by atoms with Gasteiger partial charge >= 0.3 is 5.97 Å². The van der Waals surface area contributed by atoms with E-state index in [1.165, 1.54) is 25.8 Å². The molecule has 0 N–H and O–H groups in total. The van der Waals surface area contributed by atoms with Gasteiger partial charge in [-0.15, -0.1) is 0 Å². The Morgan fingerprint density at radius 2 is 2.10 bits per heavy atom. The number of carbonyl (C=O) groups is 1. The van der Waals surface area contributed by atoms with Crippen molar-refractivity contribution in [2.45, 2.75) is 38.6 Å². The van der Waals surface area contributed by atoms with Gasteiger partial charge in [0.1, 0.15) is 5.75 Å². The average molecular weight is 291 g/mol. The molecule has 1 fully saturated rings. The third-order valence-corrected chi connectivity index (χ3v) is 3.89. The van der Waals surface area contributed by atoms with Gasteiger partial charge in [0.15, 0.2) is 6.61 Å². The monoisotopic (exact) mass is 291 g/mol. The third-order valence-electron chi connectivity index (χ3n) is 3.89. The quantitative estimate of drug-likeness (QED) is 0.572. The van der Waals surface area contributed by atoms with Crippen LogP contribution >= 0.6 is 0 Å². The summed E-state index contributed by atoms with van der Waals surface area (Å²) < 4.78 is 10.5. The molecular formula is C17H25NO3. The fourth-order valence-electron chi connectivity index (χ4n) is 2.64. The van der Waals surface area contributed by atoms with Crippen molar-refractivity contribution in [2.24, 2.45) is 0 Å². The molecule has 1 aromatic carbocycles. The maximum Gasteiger partial charge on any atom is 0.344 e. The summed E-state index contributed by atoms with van der Waals surface area (Å²) in [5.74, 6) is 0.391. The number of esters is 1. The third kappa shape index (κ3) is 5.76. The van der Waals surface area contributed by atoms with Crippen molar-refractivity contribution < 1.29 is 14.3 Å². The highest BCUT2D eigenvalue weighted by Crippen LogP contribution is 2.16. The second kappa shape index (κ2) is 8.67. The lowest BCUT2D eigenvalue weighted by molar-refractivity contribution is -0.146. The van der Waals surface area contributed by atoms with Crippen molar-refractivity contribution in [3.8, 4) is 5.75 Å². The minimum atomic E-state index is -0.300. The van der Waals surface area contributed by atoms with Crippen molar-refractivity contribution in [1.29, 1.82) is 0 Å². The van der Waals surface area contributed by atoms with E-state index in [0.29, 0.717) is 18.4 Å². The Kier molecular flexibility index (Phi) is 6.54. The first-order chi connectivity index (χ1) is 10.3. The molecule has 1 aliphatic rings. The van der Waals surface area contributed by atoms with Gasteiger partial charge < -0.3 is 14.4 Å². The summed E-state index contributed by atoms with van der Waals surface area (Å²) in [7, 11) is 0. The minimum Gasteiger partial charge on any atom is -0.482 e. The van der Waals surface area contributed by atoms with E-state index in [2.05, 4.69) is 11.8 Å². The Labute approximate surface area is 127 Å². The summed E-state index contributed by atoms with van der Waals surface area (Å²) in [5.41, 5.74) is 0. The molecular weight excluding hydrogens is 266 g/mol. The van der Waals surface area contributed by atoms with Crippen LogP contribution in [-0.2, 0) is 9.53 Å². The zero-order valence-electron chi connectivity index (χ0n) is 12.8. The van der Waals surface area contributed by atoms with E-state index >= 15 is 0 Å². The Hall–Kier alpha value is -1.55. The predicted molar refractivity (Wildman–Crippen MR) is 82.4 cm³/mol. The molecule has 1 saturated heterocycles. The summed E-state index contributed by atoms with van der Waals surface area (Å²) >= 11 is 0. The first kappa shape index (κ1) is 15.8. The summed E-state index contributed by atoms with van der Waals surface area (Å²) in [6.45, 7) is 4.91. The molecule has 116 valence electrons. The van der Waals surface area contributed by atoms with Crippen LogP contribution in [0.1, 0.15) is 32.6 Å². The number of benzene rings is 1. The maximum atomic E-state index is 11.6. The lowest BCUT2D eigenvalue weighted by Gasteiger charge is -2.33. The molecule has 1 heterocycles. The molecule has 0 amide bonds. The maximum absolute atomic E-state index is 11.6. The number of para-hydroxylation sites is 1. The highest BCUT2D eigenvalue weighted by molar-refractivity contribution is 5.71. The molecule has 0 aromatic heterocycles. The van der Waals surface area contributed by atoms with Gasteiger partial charge in [0.2, 0.25) is 0 Å². The molecule has 0 saturated carbocycles. The van der Waals surface area contributed by atoms with Gasteiger partial charge in [-0.1, -0.05) is 24.6 Å².